The van der Waals surface area contributed by atoms with Gasteiger partial charge in [0.25, 0.3) is 0 Å². The first kappa shape index (κ1) is 21.7. The van der Waals surface area contributed by atoms with Gasteiger partial charge in [-0.1, -0.05) is 26.8 Å². The molecule has 3 aromatic heterocycles. The molecule has 5 heteroatoms. The SMILES string of the molecule is COc1cc(-c2[nH]c3ccc(C4CCC(CC5(C)CC5)CC4)cc3c2C(C)C)cn2ncnc12. The van der Waals surface area contributed by atoms with E-state index in [4.69, 9.17) is 4.74 Å². The zero-order chi connectivity index (χ0) is 23.4. The highest BCUT2D eigenvalue weighted by molar-refractivity contribution is 5.92. The Morgan fingerprint density at radius 1 is 1.15 bits per heavy atom. The van der Waals surface area contributed by atoms with Crippen molar-refractivity contribution in [2.75, 3.05) is 7.11 Å². The van der Waals surface area contributed by atoms with Gasteiger partial charge in [-0.25, -0.2) is 9.50 Å². The van der Waals surface area contributed by atoms with Crippen LogP contribution < -0.4 is 4.74 Å². The molecule has 0 aliphatic heterocycles. The molecule has 5 nitrogen and oxygen atoms in total. The van der Waals surface area contributed by atoms with Gasteiger partial charge in [-0.2, -0.15) is 5.10 Å². The number of hydrogen-bond donors (Lipinski definition) is 1. The number of pyridine rings is 1. The number of fused-ring (bicyclic) bond motifs is 2. The van der Waals surface area contributed by atoms with E-state index in [1.54, 1.807) is 18.0 Å². The van der Waals surface area contributed by atoms with E-state index >= 15 is 0 Å². The number of nitrogens with one attached hydrogen (secondary N) is 1. The first-order valence-corrected chi connectivity index (χ1v) is 13.0. The van der Waals surface area contributed by atoms with E-state index in [9.17, 15) is 0 Å². The highest BCUT2D eigenvalue weighted by Gasteiger charge is 2.39. The van der Waals surface area contributed by atoms with Crippen LogP contribution >= 0.6 is 0 Å². The number of nitrogens with zero attached hydrogens (tertiary/aromatic N) is 3. The van der Waals surface area contributed by atoms with Crippen LogP contribution in [0.4, 0.5) is 0 Å². The molecule has 2 aliphatic rings. The van der Waals surface area contributed by atoms with Gasteiger partial charge in [0.2, 0.25) is 0 Å². The van der Waals surface area contributed by atoms with E-state index in [0.717, 1.165) is 28.6 Å². The lowest BCUT2D eigenvalue weighted by atomic mass is 9.75. The number of aromatic nitrogens is 4. The third kappa shape index (κ3) is 3.79. The molecule has 34 heavy (non-hydrogen) atoms. The summed E-state index contributed by atoms with van der Waals surface area (Å²) in [5.41, 5.74) is 7.73. The smallest absolute Gasteiger partial charge is 0.197 e. The summed E-state index contributed by atoms with van der Waals surface area (Å²) in [5, 5.41) is 5.72. The Labute approximate surface area is 201 Å². The molecule has 0 radical (unpaired) electrons. The summed E-state index contributed by atoms with van der Waals surface area (Å²) in [5.74, 6) is 2.77. The maximum atomic E-state index is 5.63. The highest BCUT2D eigenvalue weighted by Crippen LogP contribution is 2.53. The molecular formula is C29H36N4O. The van der Waals surface area contributed by atoms with Crippen molar-refractivity contribution in [2.24, 2.45) is 11.3 Å². The van der Waals surface area contributed by atoms with Gasteiger partial charge in [-0.15, -0.1) is 0 Å². The van der Waals surface area contributed by atoms with Crippen molar-refractivity contribution < 1.29 is 4.74 Å². The van der Waals surface area contributed by atoms with Crippen LogP contribution in [-0.4, -0.2) is 26.7 Å². The van der Waals surface area contributed by atoms with Gasteiger partial charge >= 0.3 is 0 Å². The minimum absolute atomic E-state index is 0.395. The zero-order valence-electron chi connectivity index (χ0n) is 20.9. The molecule has 0 amide bonds. The first-order valence-electron chi connectivity index (χ1n) is 13.0. The summed E-state index contributed by atoms with van der Waals surface area (Å²) in [4.78, 5) is 8.06. The Balaban J connectivity index is 1.34. The normalized spacial score (nSPS) is 22.0. The summed E-state index contributed by atoms with van der Waals surface area (Å²) in [7, 11) is 1.69. The number of H-pyrrole nitrogens is 1. The van der Waals surface area contributed by atoms with Gasteiger partial charge in [-0.3, -0.25) is 0 Å². The van der Waals surface area contributed by atoms with Crippen LogP contribution in [0.25, 0.3) is 27.8 Å². The van der Waals surface area contributed by atoms with Crippen LogP contribution in [0, 0.1) is 11.3 Å². The lowest BCUT2D eigenvalue weighted by Crippen LogP contribution is -2.16. The lowest BCUT2D eigenvalue weighted by Gasteiger charge is -2.30. The van der Waals surface area contributed by atoms with Crippen LogP contribution in [0.15, 0.2) is 36.8 Å². The van der Waals surface area contributed by atoms with Crippen molar-refractivity contribution in [1.29, 1.82) is 0 Å². The average Bonchev–Trinajstić information content (AvgIpc) is 3.23. The van der Waals surface area contributed by atoms with Gasteiger partial charge in [0.15, 0.2) is 11.4 Å². The van der Waals surface area contributed by atoms with Crippen LogP contribution in [-0.2, 0) is 0 Å². The molecule has 0 spiro atoms. The Morgan fingerprint density at radius 2 is 1.94 bits per heavy atom. The van der Waals surface area contributed by atoms with Crippen molar-refractivity contribution in [3.8, 4) is 17.0 Å². The maximum Gasteiger partial charge on any atom is 0.197 e. The van der Waals surface area contributed by atoms with Gasteiger partial charge in [0.05, 0.1) is 12.8 Å². The first-order chi connectivity index (χ1) is 16.4. The second kappa shape index (κ2) is 8.14. The molecule has 0 bridgehead atoms. The number of benzene rings is 1. The molecule has 6 rings (SSSR count). The topological polar surface area (TPSA) is 55.2 Å². The molecule has 0 unspecified atom stereocenters. The predicted octanol–water partition coefficient (Wildman–Crippen LogP) is 7.47. The molecule has 3 heterocycles. The van der Waals surface area contributed by atoms with Gasteiger partial charge in [0, 0.05) is 22.7 Å². The molecule has 1 N–H and O–H groups in total. The second-order valence-electron chi connectivity index (χ2n) is 11.4. The highest BCUT2D eigenvalue weighted by atomic mass is 16.5. The number of methoxy groups -OCH3 is 1. The van der Waals surface area contributed by atoms with Crippen molar-refractivity contribution in [3.05, 3.63) is 47.9 Å². The molecule has 2 aliphatic carbocycles. The monoisotopic (exact) mass is 456 g/mol. The number of ether oxygens (including phenoxy) is 1. The van der Waals surface area contributed by atoms with Crippen LogP contribution in [0.2, 0.25) is 0 Å². The quantitative estimate of drug-likeness (QED) is 0.327. The Bertz CT molecular complexity index is 1340. The van der Waals surface area contributed by atoms with Crippen molar-refractivity contribution in [3.63, 3.8) is 0 Å². The lowest BCUT2D eigenvalue weighted by molar-refractivity contribution is 0.267. The molecule has 0 atom stereocenters. The van der Waals surface area contributed by atoms with Crippen LogP contribution in [0.1, 0.15) is 88.7 Å². The van der Waals surface area contributed by atoms with Crippen LogP contribution in [0.3, 0.4) is 0 Å². The number of hydrogen-bond acceptors (Lipinski definition) is 3. The minimum atomic E-state index is 0.395. The second-order valence-corrected chi connectivity index (χ2v) is 11.4. The standard InChI is InChI=1S/C29H36N4O/c1-18(2)26-23-13-21(20-7-5-19(6-8-20)15-29(3)11-12-29)9-10-24(23)32-27(26)22-14-25(34-4)28-30-17-31-33(28)16-22/h9-10,13-14,16-20,32H,5-8,11-12,15H2,1-4H3. The average molecular weight is 457 g/mol. The van der Waals surface area contributed by atoms with E-state index in [1.807, 2.05) is 6.20 Å². The molecule has 2 fully saturated rings. The summed E-state index contributed by atoms with van der Waals surface area (Å²) in [6.07, 6.45) is 13.4. The summed E-state index contributed by atoms with van der Waals surface area (Å²) in [6, 6.07) is 9.20. The third-order valence-electron chi connectivity index (χ3n) is 8.49. The fourth-order valence-electron chi connectivity index (χ4n) is 6.31. The van der Waals surface area contributed by atoms with Crippen molar-refractivity contribution >= 4 is 16.6 Å². The predicted molar refractivity (Wildman–Crippen MR) is 138 cm³/mol. The van der Waals surface area contributed by atoms with E-state index in [-0.39, 0.29) is 0 Å². The summed E-state index contributed by atoms with van der Waals surface area (Å²) in [6.45, 7) is 7.06. The van der Waals surface area contributed by atoms with Gasteiger partial charge in [0.1, 0.15) is 6.33 Å². The Hall–Kier alpha value is -2.82. The maximum absolute atomic E-state index is 5.63. The third-order valence-corrected chi connectivity index (χ3v) is 8.49. The minimum Gasteiger partial charge on any atom is -0.493 e. The molecule has 1 aromatic carbocycles. The fraction of sp³-hybridized carbons (Fsp3) is 0.517. The van der Waals surface area contributed by atoms with Crippen molar-refractivity contribution in [1.82, 2.24) is 19.6 Å². The van der Waals surface area contributed by atoms with E-state index < -0.39 is 0 Å². The van der Waals surface area contributed by atoms with E-state index in [2.05, 4.69) is 60.1 Å². The summed E-state index contributed by atoms with van der Waals surface area (Å²) >= 11 is 0. The Kier molecular flexibility index (Phi) is 5.20. The number of aromatic amines is 1. The molecule has 178 valence electrons. The molecule has 0 saturated heterocycles. The largest absolute Gasteiger partial charge is 0.493 e. The van der Waals surface area contributed by atoms with E-state index in [0.29, 0.717) is 17.3 Å². The summed E-state index contributed by atoms with van der Waals surface area (Å²) < 4.78 is 7.43. The molecule has 2 saturated carbocycles. The van der Waals surface area contributed by atoms with Gasteiger partial charge < -0.3 is 9.72 Å². The van der Waals surface area contributed by atoms with Crippen molar-refractivity contribution in [2.45, 2.75) is 77.6 Å². The molecule has 4 aromatic rings. The fourth-order valence-corrected chi connectivity index (χ4v) is 6.31. The van der Waals surface area contributed by atoms with Crippen LogP contribution in [0.5, 0.6) is 5.75 Å². The molecular weight excluding hydrogens is 420 g/mol. The zero-order valence-corrected chi connectivity index (χ0v) is 20.9. The van der Waals surface area contributed by atoms with E-state index in [1.165, 1.54) is 67.0 Å². The number of rotatable bonds is 6. The Morgan fingerprint density at radius 3 is 2.65 bits per heavy atom. The van der Waals surface area contributed by atoms with Gasteiger partial charge in [-0.05, 0) is 97.4 Å².